The molecule has 0 aromatic heterocycles. The van der Waals surface area contributed by atoms with Crippen molar-refractivity contribution in [2.45, 2.75) is 51.7 Å². The van der Waals surface area contributed by atoms with E-state index in [0.717, 1.165) is 37.1 Å². The van der Waals surface area contributed by atoms with Crippen molar-refractivity contribution >= 4 is 24.3 Å². The maximum absolute atomic E-state index is 12.2. The van der Waals surface area contributed by atoms with Gasteiger partial charge in [0.2, 0.25) is 0 Å². The minimum Gasteiger partial charge on any atom is -0.399 e. The average Bonchev–Trinajstić information content (AvgIpc) is 3.06. The minimum absolute atomic E-state index is 0.0337. The van der Waals surface area contributed by atoms with Crippen LogP contribution in [0.25, 0.3) is 0 Å². The summed E-state index contributed by atoms with van der Waals surface area (Å²) in [5, 5.41) is 2.97. The van der Waals surface area contributed by atoms with Gasteiger partial charge >= 0.3 is 13.1 Å². The lowest BCUT2D eigenvalue weighted by molar-refractivity contribution is 0.00578. The minimum atomic E-state index is -0.413. The Hall–Kier alpha value is -1.53. The largest absolute Gasteiger partial charge is 0.494 e. The highest BCUT2D eigenvalue weighted by Crippen LogP contribution is 2.36. The van der Waals surface area contributed by atoms with E-state index in [1.54, 1.807) is 0 Å². The van der Waals surface area contributed by atoms with Gasteiger partial charge in [0.1, 0.15) is 0 Å². The van der Waals surface area contributed by atoms with E-state index in [4.69, 9.17) is 9.31 Å². The highest BCUT2D eigenvalue weighted by atomic mass is 16.7. The van der Waals surface area contributed by atoms with Crippen LogP contribution in [-0.2, 0) is 9.31 Å². The molecular formula is C17H25BN2O3. The van der Waals surface area contributed by atoms with Crippen molar-refractivity contribution < 1.29 is 14.1 Å². The van der Waals surface area contributed by atoms with Crippen LogP contribution >= 0.6 is 0 Å². The van der Waals surface area contributed by atoms with Crippen LogP contribution in [0.1, 0.15) is 40.5 Å². The Kier molecular flexibility index (Phi) is 4.15. The Balaban J connectivity index is 1.72. The van der Waals surface area contributed by atoms with Crippen LogP contribution in [0, 0.1) is 0 Å². The number of hydrogen-bond donors (Lipinski definition) is 1. The summed E-state index contributed by atoms with van der Waals surface area (Å²) in [6, 6.07) is 7.67. The number of carbonyl (C=O) groups excluding carboxylic acids is 1. The van der Waals surface area contributed by atoms with Gasteiger partial charge in [0, 0.05) is 18.8 Å². The lowest BCUT2D eigenvalue weighted by atomic mass is 9.79. The van der Waals surface area contributed by atoms with E-state index in [1.807, 2.05) is 56.9 Å². The summed E-state index contributed by atoms with van der Waals surface area (Å²) in [6.07, 6.45) is 2.17. The van der Waals surface area contributed by atoms with Gasteiger partial charge in [0.15, 0.2) is 0 Å². The fourth-order valence-electron chi connectivity index (χ4n) is 2.86. The molecule has 0 saturated carbocycles. The molecule has 0 atom stereocenters. The Morgan fingerprint density at radius 3 is 2.35 bits per heavy atom. The Morgan fingerprint density at radius 1 is 1.13 bits per heavy atom. The smallest absolute Gasteiger partial charge is 0.399 e. The summed E-state index contributed by atoms with van der Waals surface area (Å²) in [4.78, 5) is 14.1. The molecule has 0 bridgehead atoms. The summed E-state index contributed by atoms with van der Waals surface area (Å²) in [5.41, 5.74) is 0.954. The molecule has 124 valence electrons. The molecule has 1 N–H and O–H groups in total. The maximum Gasteiger partial charge on any atom is 0.494 e. The van der Waals surface area contributed by atoms with Gasteiger partial charge in [-0.3, -0.25) is 0 Å². The van der Waals surface area contributed by atoms with E-state index in [0.29, 0.717) is 0 Å². The molecule has 2 amide bonds. The molecule has 1 aromatic carbocycles. The quantitative estimate of drug-likeness (QED) is 0.853. The molecule has 23 heavy (non-hydrogen) atoms. The maximum atomic E-state index is 12.2. The van der Waals surface area contributed by atoms with Crippen LogP contribution in [0.5, 0.6) is 0 Å². The van der Waals surface area contributed by atoms with Crippen molar-refractivity contribution in [1.29, 1.82) is 0 Å². The molecule has 2 saturated heterocycles. The second kappa shape index (κ2) is 5.84. The second-order valence-corrected chi connectivity index (χ2v) is 7.34. The molecule has 0 aliphatic carbocycles. The zero-order valence-corrected chi connectivity index (χ0v) is 14.4. The van der Waals surface area contributed by atoms with Crippen LogP contribution < -0.4 is 10.8 Å². The molecule has 0 radical (unpaired) electrons. The van der Waals surface area contributed by atoms with Gasteiger partial charge in [-0.15, -0.1) is 0 Å². The first-order chi connectivity index (χ1) is 10.8. The molecule has 0 spiro atoms. The number of likely N-dealkylation sites (tertiary alicyclic amines) is 1. The molecule has 5 nitrogen and oxygen atoms in total. The summed E-state index contributed by atoms with van der Waals surface area (Å²) < 4.78 is 12.1. The molecule has 2 fully saturated rings. The summed E-state index contributed by atoms with van der Waals surface area (Å²) >= 11 is 0. The van der Waals surface area contributed by atoms with Gasteiger partial charge in [-0.2, -0.15) is 0 Å². The van der Waals surface area contributed by atoms with E-state index in [-0.39, 0.29) is 17.2 Å². The van der Waals surface area contributed by atoms with Gasteiger partial charge < -0.3 is 19.5 Å². The lowest BCUT2D eigenvalue weighted by Crippen LogP contribution is -2.41. The summed E-state index contributed by atoms with van der Waals surface area (Å²) in [6.45, 7) is 9.81. The van der Waals surface area contributed by atoms with Crippen molar-refractivity contribution in [2.75, 3.05) is 18.4 Å². The van der Waals surface area contributed by atoms with Crippen molar-refractivity contribution in [3.8, 4) is 0 Å². The number of amides is 2. The third kappa shape index (κ3) is 3.24. The second-order valence-electron chi connectivity index (χ2n) is 7.34. The fourth-order valence-corrected chi connectivity index (χ4v) is 2.86. The molecule has 2 aliphatic rings. The van der Waals surface area contributed by atoms with Crippen molar-refractivity contribution in [3.05, 3.63) is 24.3 Å². The predicted octanol–water partition coefficient (Wildman–Crippen LogP) is 2.61. The van der Waals surface area contributed by atoms with Gasteiger partial charge in [0.05, 0.1) is 11.2 Å². The van der Waals surface area contributed by atoms with Crippen LogP contribution in [0.15, 0.2) is 24.3 Å². The normalized spacial score (nSPS) is 22.4. The van der Waals surface area contributed by atoms with Crippen LogP contribution in [0.3, 0.4) is 0 Å². The number of anilines is 1. The SMILES string of the molecule is CC1(C)OB(c2cccc(NC(=O)N3CCCC3)c2)OC1(C)C. The first kappa shape index (κ1) is 16.3. The molecule has 3 rings (SSSR count). The number of nitrogens with zero attached hydrogens (tertiary/aromatic N) is 1. The summed E-state index contributed by atoms with van der Waals surface area (Å²) in [7, 11) is -0.413. The summed E-state index contributed by atoms with van der Waals surface area (Å²) in [5.74, 6) is 0. The Labute approximate surface area is 138 Å². The van der Waals surface area contributed by atoms with Gasteiger partial charge in [0.25, 0.3) is 0 Å². The number of benzene rings is 1. The van der Waals surface area contributed by atoms with Gasteiger partial charge in [-0.05, 0) is 58.1 Å². The average molecular weight is 316 g/mol. The Bertz CT molecular complexity index is 581. The zero-order valence-electron chi connectivity index (χ0n) is 14.4. The first-order valence-electron chi connectivity index (χ1n) is 8.30. The first-order valence-corrected chi connectivity index (χ1v) is 8.30. The van der Waals surface area contributed by atoms with E-state index >= 15 is 0 Å². The molecule has 2 aliphatic heterocycles. The topological polar surface area (TPSA) is 50.8 Å². The monoisotopic (exact) mass is 316 g/mol. The highest BCUT2D eigenvalue weighted by molar-refractivity contribution is 6.62. The van der Waals surface area contributed by atoms with Crippen LogP contribution in [0.4, 0.5) is 10.5 Å². The van der Waals surface area contributed by atoms with E-state index < -0.39 is 7.12 Å². The number of carbonyl (C=O) groups is 1. The molecule has 6 heteroatoms. The van der Waals surface area contributed by atoms with Crippen molar-refractivity contribution in [2.24, 2.45) is 0 Å². The number of urea groups is 1. The third-order valence-electron chi connectivity index (χ3n) is 5.06. The number of rotatable bonds is 2. The van der Waals surface area contributed by atoms with Crippen molar-refractivity contribution in [1.82, 2.24) is 4.90 Å². The van der Waals surface area contributed by atoms with E-state index in [9.17, 15) is 4.79 Å². The standard InChI is InChI=1S/C17H25BN2O3/c1-16(2)17(3,4)23-18(22-16)13-8-7-9-14(12-13)19-15(21)20-10-5-6-11-20/h7-9,12H,5-6,10-11H2,1-4H3,(H,19,21). The molecule has 2 heterocycles. The van der Waals surface area contributed by atoms with Crippen LogP contribution in [0.2, 0.25) is 0 Å². The number of hydrogen-bond acceptors (Lipinski definition) is 3. The van der Waals surface area contributed by atoms with Gasteiger partial charge in [-0.25, -0.2) is 4.79 Å². The number of nitrogens with one attached hydrogen (secondary N) is 1. The highest BCUT2D eigenvalue weighted by Gasteiger charge is 2.51. The van der Waals surface area contributed by atoms with Gasteiger partial charge in [-0.1, -0.05) is 12.1 Å². The van der Waals surface area contributed by atoms with Crippen LogP contribution in [-0.4, -0.2) is 42.3 Å². The molecule has 1 aromatic rings. The van der Waals surface area contributed by atoms with Crippen molar-refractivity contribution in [3.63, 3.8) is 0 Å². The molecular weight excluding hydrogens is 291 g/mol. The fraction of sp³-hybridized carbons (Fsp3) is 0.588. The molecule has 0 unspecified atom stereocenters. The third-order valence-corrected chi connectivity index (χ3v) is 5.06. The van der Waals surface area contributed by atoms with E-state index in [1.165, 1.54) is 0 Å². The zero-order chi connectivity index (χ0) is 16.7. The lowest BCUT2D eigenvalue weighted by Gasteiger charge is -2.32. The predicted molar refractivity (Wildman–Crippen MR) is 92.0 cm³/mol. The Morgan fingerprint density at radius 2 is 1.74 bits per heavy atom. The van der Waals surface area contributed by atoms with E-state index in [2.05, 4.69) is 5.32 Å².